The first-order valence-electron chi connectivity index (χ1n) is 5.68. The second-order valence-corrected chi connectivity index (χ2v) is 4.38. The van der Waals surface area contributed by atoms with Crippen LogP contribution in [-0.4, -0.2) is 0 Å². The Morgan fingerprint density at radius 1 is 1.20 bits per heavy atom. The number of hydrogen-bond donors (Lipinski definition) is 0. The Balaban J connectivity index is 2.04. The zero-order chi connectivity index (χ0) is 10.7. The van der Waals surface area contributed by atoms with Crippen molar-refractivity contribution in [3.63, 3.8) is 0 Å². The summed E-state index contributed by atoms with van der Waals surface area (Å²) in [4.78, 5) is 0. The zero-order valence-corrected chi connectivity index (χ0v) is 9.42. The van der Waals surface area contributed by atoms with Crippen LogP contribution in [0.3, 0.4) is 0 Å². The Bertz CT molecular complexity index is 376. The van der Waals surface area contributed by atoms with E-state index in [0.29, 0.717) is 0 Å². The monoisotopic (exact) mass is 198 g/mol. The van der Waals surface area contributed by atoms with Gasteiger partial charge in [-0.2, -0.15) is 0 Å². The summed E-state index contributed by atoms with van der Waals surface area (Å²) in [5, 5.41) is 0. The van der Waals surface area contributed by atoms with E-state index in [2.05, 4.69) is 37.8 Å². The molecular weight excluding hydrogens is 180 g/mol. The van der Waals surface area contributed by atoms with Crippen LogP contribution in [0, 0.1) is 0 Å². The normalized spacial score (nSPS) is 14.6. The van der Waals surface area contributed by atoms with Crippen molar-refractivity contribution in [3.05, 3.63) is 53.6 Å². The highest BCUT2D eigenvalue weighted by atomic mass is 14.2. The minimum absolute atomic E-state index is 1.04. The molecule has 0 spiro atoms. The molecule has 0 unspecified atom stereocenters. The van der Waals surface area contributed by atoms with Crippen LogP contribution in [0.1, 0.15) is 38.2 Å². The lowest BCUT2D eigenvalue weighted by atomic mass is 9.85. The molecule has 1 aliphatic rings. The Labute approximate surface area is 92.3 Å². The van der Waals surface area contributed by atoms with Gasteiger partial charge in [-0.05, 0) is 43.7 Å². The van der Waals surface area contributed by atoms with Crippen molar-refractivity contribution >= 4 is 5.57 Å². The first kappa shape index (κ1) is 10.2. The van der Waals surface area contributed by atoms with E-state index in [0.717, 1.165) is 6.42 Å². The molecular formula is C15H18. The van der Waals surface area contributed by atoms with Crippen LogP contribution in [0.4, 0.5) is 0 Å². The van der Waals surface area contributed by atoms with Crippen LogP contribution in [0.5, 0.6) is 0 Å². The molecule has 2 rings (SSSR count). The molecule has 0 nitrogen and oxygen atoms in total. The van der Waals surface area contributed by atoms with Gasteiger partial charge in [-0.3, -0.25) is 0 Å². The molecule has 1 aromatic rings. The molecule has 0 N–H and O–H groups in total. The summed E-state index contributed by atoms with van der Waals surface area (Å²) in [7, 11) is 0. The predicted molar refractivity (Wildman–Crippen MR) is 66.6 cm³/mol. The summed E-state index contributed by atoms with van der Waals surface area (Å²) in [5.41, 5.74) is 5.71. The molecule has 0 aromatic heterocycles. The average molecular weight is 198 g/mol. The highest BCUT2D eigenvalue weighted by Crippen LogP contribution is 2.32. The van der Waals surface area contributed by atoms with E-state index in [-0.39, 0.29) is 0 Å². The molecule has 1 aliphatic carbocycles. The van der Waals surface area contributed by atoms with Gasteiger partial charge in [0.25, 0.3) is 0 Å². The van der Waals surface area contributed by atoms with Gasteiger partial charge in [-0.1, -0.05) is 48.1 Å². The lowest BCUT2D eigenvalue weighted by Gasteiger charge is -2.20. The van der Waals surface area contributed by atoms with Crippen LogP contribution >= 0.6 is 0 Å². The molecule has 1 saturated carbocycles. The zero-order valence-electron chi connectivity index (χ0n) is 9.42. The Kier molecular flexibility index (Phi) is 3.05. The number of rotatable bonds is 3. The predicted octanol–water partition coefficient (Wildman–Crippen LogP) is 4.59. The maximum atomic E-state index is 4.17. The summed E-state index contributed by atoms with van der Waals surface area (Å²) in [6, 6.07) is 10.5. The summed E-state index contributed by atoms with van der Waals surface area (Å²) in [6.45, 7) is 6.42. The molecule has 1 aromatic carbocycles. The Hall–Kier alpha value is -1.30. The average Bonchev–Trinajstić information content (AvgIpc) is 2.16. The van der Waals surface area contributed by atoms with Crippen molar-refractivity contribution in [2.24, 2.45) is 0 Å². The van der Waals surface area contributed by atoms with Gasteiger partial charge in [-0.15, -0.1) is 0 Å². The van der Waals surface area contributed by atoms with Gasteiger partial charge in [0, 0.05) is 0 Å². The summed E-state index contributed by atoms with van der Waals surface area (Å²) in [5.74, 6) is 0. The number of benzene rings is 1. The second-order valence-electron chi connectivity index (χ2n) is 4.38. The smallest absolute Gasteiger partial charge is 0.00671 e. The highest BCUT2D eigenvalue weighted by molar-refractivity contribution is 5.65. The second kappa shape index (κ2) is 4.48. The van der Waals surface area contributed by atoms with Crippen molar-refractivity contribution in [1.29, 1.82) is 0 Å². The molecule has 0 heterocycles. The van der Waals surface area contributed by atoms with Crippen molar-refractivity contribution < 1.29 is 0 Å². The van der Waals surface area contributed by atoms with Gasteiger partial charge in [0.2, 0.25) is 0 Å². The molecule has 0 aliphatic heterocycles. The number of allylic oxidation sites excluding steroid dienone is 3. The van der Waals surface area contributed by atoms with Crippen LogP contribution in [-0.2, 0) is 0 Å². The van der Waals surface area contributed by atoms with Crippen LogP contribution in [0.15, 0.2) is 48.1 Å². The van der Waals surface area contributed by atoms with E-state index in [1.54, 1.807) is 5.57 Å². The SMILES string of the molecule is C=C(CC(C)=C1CCC1)c1ccccc1. The standard InChI is InChI=1S/C15H18/c1-12(14-7-4-3-5-8-14)11-13(2)15-9-6-10-15/h3-5,7-8H,1,6,9-11H2,2H3. The third-order valence-corrected chi connectivity index (χ3v) is 3.22. The van der Waals surface area contributed by atoms with E-state index in [1.807, 2.05) is 6.07 Å². The molecule has 15 heavy (non-hydrogen) atoms. The van der Waals surface area contributed by atoms with Crippen LogP contribution in [0.25, 0.3) is 5.57 Å². The Morgan fingerprint density at radius 3 is 2.40 bits per heavy atom. The largest absolute Gasteiger partial charge is 0.0949 e. The molecule has 0 radical (unpaired) electrons. The third-order valence-electron chi connectivity index (χ3n) is 3.22. The van der Waals surface area contributed by atoms with Gasteiger partial charge in [0.15, 0.2) is 0 Å². The van der Waals surface area contributed by atoms with Gasteiger partial charge in [0.1, 0.15) is 0 Å². The Morgan fingerprint density at radius 2 is 1.87 bits per heavy atom. The minimum Gasteiger partial charge on any atom is -0.0949 e. The first-order chi connectivity index (χ1) is 7.27. The minimum atomic E-state index is 1.04. The maximum absolute atomic E-state index is 4.17. The fraction of sp³-hybridized carbons (Fsp3) is 0.333. The van der Waals surface area contributed by atoms with E-state index in [4.69, 9.17) is 0 Å². The molecule has 0 saturated heterocycles. The molecule has 1 fully saturated rings. The molecule has 78 valence electrons. The van der Waals surface area contributed by atoms with Gasteiger partial charge >= 0.3 is 0 Å². The molecule has 0 bridgehead atoms. The number of hydrogen-bond acceptors (Lipinski definition) is 0. The molecule has 0 atom stereocenters. The van der Waals surface area contributed by atoms with Gasteiger partial charge in [0.05, 0.1) is 0 Å². The topological polar surface area (TPSA) is 0 Å². The van der Waals surface area contributed by atoms with E-state index in [1.165, 1.54) is 36.0 Å². The fourth-order valence-corrected chi connectivity index (χ4v) is 2.00. The van der Waals surface area contributed by atoms with Crippen LogP contribution in [0.2, 0.25) is 0 Å². The van der Waals surface area contributed by atoms with Gasteiger partial charge in [-0.25, -0.2) is 0 Å². The summed E-state index contributed by atoms with van der Waals surface area (Å²) < 4.78 is 0. The third kappa shape index (κ3) is 2.38. The lowest BCUT2D eigenvalue weighted by Crippen LogP contribution is -2.00. The van der Waals surface area contributed by atoms with Gasteiger partial charge < -0.3 is 0 Å². The molecule has 0 amide bonds. The summed E-state index contributed by atoms with van der Waals surface area (Å²) in [6.07, 6.45) is 5.05. The molecule has 0 heteroatoms. The first-order valence-corrected chi connectivity index (χ1v) is 5.68. The van der Waals surface area contributed by atoms with Crippen molar-refractivity contribution in [2.45, 2.75) is 32.6 Å². The van der Waals surface area contributed by atoms with Crippen molar-refractivity contribution in [2.75, 3.05) is 0 Å². The van der Waals surface area contributed by atoms with E-state index < -0.39 is 0 Å². The lowest BCUT2D eigenvalue weighted by molar-refractivity contribution is 0.648. The fourth-order valence-electron chi connectivity index (χ4n) is 2.00. The maximum Gasteiger partial charge on any atom is -0.00671 e. The quantitative estimate of drug-likeness (QED) is 0.623. The summed E-state index contributed by atoms with van der Waals surface area (Å²) >= 11 is 0. The van der Waals surface area contributed by atoms with Crippen molar-refractivity contribution in [3.8, 4) is 0 Å². The highest BCUT2D eigenvalue weighted by Gasteiger charge is 2.12. The van der Waals surface area contributed by atoms with Crippen molar-refractivity contribution in [1.82, 2.24) is 0 Å². The van der Waals surface area contributed by atoms with E-state index >= 15 is 0 Å². The van der Waals surface area contributed by atoms with E-state index in [9.17, 15) is 0 Å². The van der Waals surface area contributed by atoms with Crippen LogP contribution < -0.4 is 0 Å².